The lowest BCUT2D eigenvalue weighted by Gasteiger charge is -2.13. The summed E-state index contributed by atoms with van der Waals surface area (Å²) in [5.41, 5.74) is 0.613. The van der Waals surface area contributed by atoms with Crippen LogP contribution in [0.25, 0.3) is 5.57 Å². The van der Waals surface area contributed by atoms with Crippen LogP contribution in [0.2, 0.25) is 0 Å². The van der Waals surface area contributed by atoms with Crippen molar-refractivity contribution in [3.8, 4) is 0 Å². The van der Waals surface area contributed by atoms with E-state index in [1.54, 1.807) is 6.08 Å². The van der Waals surface area contributed by atoms with Gasteiger partial charge in [-0.25, -0.2) is 13.2 Å². The molecule has 1 aromatic rings. The van der Waals surface area contributed by atoms with Crippen LogP contribution in [0.5, 0.6) is 0 Å². The number of rotatable bonds is 1. The Kier molecular flexibility index (Phi) is 2.81. The molecule has 0 N–H and O–H groups in total. The van der Waals surface area contributed by atoms with Crippen molar-refractivity contribution in [2.75, 3.05) is 0 Å². The Hall–Kier alpha value is -1.58. The molecule has 0 atom stereocenters. The predicted octanol–water partition coefficient (Wildman–Crippen LogP) is 3.24. The van der Waals surface area contributed by atoms with Gasteiger partial charge in [-0.1, -0.05) is 6.08 Å². The lowest BCUT2D eigenvalue weighted by molar-refractivity contribution is -0.118. The molecule has 0 unspecified atom stereocenters. The maximum Gasteiger partial charge on any atom is 0.195 e. The van der Waals surface area contributed by atoms with E-state index in [-0.39, 0.29) is 17.8 Å². The summed E-state index contributed by atoms with van der Waals surface area (Å²) in [6, 6.07) is 2.10. The molecular weight excluding hydrogens is 217 g/mol. The Morgan fingerprint density at radius 3 is 2.38 bits per heavy atom. The van der Waals surface area contributed by atoms with Crippen LogP contribution >= 0.6 is 0 Å². The van der Waals surface area contributed by atoms with Crippen molar-refractivity contribution in [3.63, 3.8) is 0 Å². The van der Waals surface area contributed by atoms with Crippen molar-refractivity contribution < 1.29 is 18.0 Å². The summed E-state index contributed by atoms with van der Waals surface area (Å²) >= 11 is 0. The monoisotopic (exact) mass is 226 g/mol. The number of hydrogen-bond acceptors (Lipinski definition) is 1. The maximum absolute atomic E-state index is 13.4. The number of carbonyl (C=O) groups excluding carboxylic acids is 1. The number of Topliss-reactive ketones (excluding diaryl/α,β-unsaturated/α-hetero) is 1. The minimum absolute atomic E-state index is 0.0476. The third kappa shape index (κ3) is 1.87. The summed E-state index contributed by atoms with van der Waals surface area (Å²) < 4.78 is 39.1. The maximum atomic E-state index is 13.4. The predicted molar refractivity (Wildman–Crippen MR) is 53.2 cm³/mol. The second-order valence-electron chi connectivity index (χ2n) is 3.70. The standard InChI is InChI=1S/C12H9F3O/c13-10-6-5-9(11(14)12(10)15)7-1-3-8(16)4-2-7/h1,5-6H,2-4H2. The zero-order valence-corrected chi connectivity index (χ0v) is 8.40. The average molecular weight is 226 g/mol. The zero-order valence-electron chi connectivity index (χ0n) is 8.40. The number of benzene rings is 1. The molecular formula is C12H9F3O. The quantitative estimate of drug-likeness (QED) is 0.672. The van der Waals surface area contributed by atoms with E-state index in [2.05, 4.69) is 0 Å². The highest BCUT2D eigenvalue weighted by Gasteiger charge is 2.18. The van der Waals surface area contributed by atoms with E-state index in [4.69, 9.17) is 0 Å². The molecule has 16 heavy (non-hydrogen) atoms. The first-order valence-electron chi connectivity index (χ1n) is 4.94. The van der Waals surface area contributed by atoms with Gasteiger partial charge in [0.15, 0.2) is 17.5 Å². The topological polar surface area (TPSA) is 17.1 Å². The summed E-state index contributed by atoms with van der Waals surface area (Å²) in [6.07, 6.45) is 2.50. The first kappa shape index (κ1) is 10.9. The van der Waals surface area contributed by atoms with E-state index < -0.39 is 17.5 Å². The van der Waals surface area contributed by atoms with Gasteiger partial charge in [-0.2, -0.15) is 0 Å². The number of hydrogen-bond donors (Lipinski definition) is 0. The summed E-state index contributed by atoms with van der Waals surface area (Å²) in [6.45, 7) is 0. The molecule has 0 saturated heterocycles. The van der Waals surface area contributed by atoms with Gasteiger partial charge in [-0.05, 0) is 24.1 Å². The molecule has 2 rings (SSSR count). The number of ketones is 1. The van der Waals surface area contributed by atoms with Crippen LogP contribution < -0.4 is 0 Å². The van der Waals surface area contributed by atoms with E-state index in [0.717, 1.165) is 6.07 Å². The van der Waals surface area contributed by atoms with Crippen LogP contribution in [-0.4, -0.2) is 5.78 Å². The molecule has 0 heterocycles. The summed E-state index contributed by atoms with van der Waals surface area (Å²) in [5, 5.41) is 0. The highest BCUT2D eigenvalue weighted by Crippen LogP contribution is 2.28. The zero-order chi connectivity index (χ0) is 11.7. The normalized spacial score (nSPS) is 16.2. The van der Waals surface area contributed by atoms with E-state index in [1.807, 2.05) is 0 Å². The molecule has 0 spiro atoms. The molecule has 0 amide bonds. The molecule has 0 radical (unpaired) electrons. The second kappa shape index (κ2) is 4.12. The van der Waals surface area contributed by atoms with Crippen LogP contribution in [0.1, 0.15) is 24.8 Å². The van der Waals surface area contributed by atoms with E-state index in [0.29, 0.717) is 18.4 Å². The summed E-state index contributed by atoms with van der Waals surface area (Å²) in [4.78, 5) is 11.0. The van der Waals surface area contributed by atoms with Crippen LogP contribution in [0.4, 0.5) is 13.2 Å². The average Bonchev–Trinajstić information content (AvgIpc) is 2.28. The van der Waals surface area contributed by atoms with E-state index >= 15 is 0 Å². The van der Waals surface area contributed by atoms with Crippen molar-refractivity contribution in [1.82, 2.24) is 0 Å². The van der Waals surface area contributed by atoms with Crippen molar-refractivity contribution in [2.45, 2.75) is 19.3 Å². The minimum Gasteiger partial charge on any atom is -0.299 e. The van der Waals surface area contributed by atoms with Gasteiger partial charge in [-0.3, -0.25) is 4.79 Å². The molecule has 4 heteroatoms. The molecule has 0 bridgehead atoms. The second-order valence-corrected chi connectivity index (χ2v) is 3.70. The molecule has 0 fully saturated rings. The Bertz CT molecular complexity index is 477. The minimum atomic E-state index is -1.46. The largest absolute Gasteiger partial charge is 0.299 e. The fourth-order valence-electron chi connectivity index (χ4n) is 1.73. The van der Waals surface area contributed by atoms with Crippen molar-refractivity contribution in [3.05, 3.63) is 41.2 Å². The van der Waals surface area contributed by atoms with Gasteiger partial charge in [0, 0.05) is 18.4 Å². The van der Waals surface area contributed by atoms with Gasteiger partial charge >= 0.3 is 0 Å². The van der Waals surface area contributed by atoms with E-state index in [9.17, 15) is 18.0 Å². The van der Waals surface area contributed by atoms with Gasteiger partial charge in [0.2, 0.25) is 0 Å². The van der Waals surface area contributed by atoms with Gasteiger partial charge < -0.3 is 0 Å². The van der Waals surface area contributed by atoms with Crippen molar-refractivity contribution >= 4 is 11.4 Å². The molecule has 84 valence electrons. The molecule has 1 aliphatic carbocycles. The van der Waals surface area contributed by atoms with Crippen LogP contribution in [-0.2, 0) is 4.79 Å². The fraction of sp³-hybridized carbons (Fsp3) is 0.250. The Labute approximate surface area is 90.6 Å². The van der Waals surface area contributed by atoms with Crippen molar-refractivity contribution in [2.24, 2.45) is 0 Å². The number of halogens is 3. The Morgan fingerprint density at radius 2 is 1.75 bits per heavy atom. The molecule has 1 nitrogen and oxygen atoms in total. The lowest BCUT2D eigenvalue weighted by atomic mass is 9.92. The molecule has 0 aliphatic heterocycles. The van der Waals surface area contributed by atoms with E-state index in [1.165, 1.54) is 6.07 Å². The van der Waals surface area contributed by atoms with Gasteiger partial charge in [0.05, 0.1) is 0 Å². The third-order valence-corrected chi connectivity index (χ3v) is 2.63. The SMILES string of the molecule is O=C1CC=C(c2ccc(F)c(F)c2F)CC1. The highest BCUT2D eigenvalue weighted by molar-refractivity contribution is 5.86. The van der Waals surface area contributed by atoms with Gasteiger partial charge in [0.1, 0.15) is 5.78 Å². The number of carbonyl (C=O) groups is 1. The van der Waals surface area contributed by atoms with Crippen LogP contribution in [0.3, 0.4) is 0 Å². The summed E-state index contributed by atoms with van der Waals surface area (Å²) in [7, 11) is 0. The first-order valence-corrected chi connectivity index (χ1v) is 4.94. The van der Waals surface area contributed by atoms with Crippen LogP contribution in [0.15, 0.2) is 18.2 Å². The summed E-state index contributed by atoms with van der Waals surface area (Å²) in [5.74, 6) is -3.77. The van der Waals surface area contributed by atoms with Gasteiger partial charge in [-0.15, -0.1) is 0 Å². The third-order valence-electron chi connectivity index (χ3n) is 2.63. The fourth-order valence-corrected chi connectivity index (χ4v) is 1.73. The van der Waals surface area contributed by atoms with Crippen molar-refractivity contribution in [1.29, 1.82) is 0 Å². The Morgan fingerprint density at radius 1 is 1.00 bits per heavy atom. The number of allylic oxidation sites excluding steroid dienone is 2. The molecule has 0 saturated carbocycles. The highest BCUT2D eigenvalue weighted by atomic mass is 19.2. The lowest BCUT2D eigenvalue weighted by Crippen LogP contribution is -2.05. The van der Waals surface area contributed by atoms with Crippen LogP contribution in [0, 0.1) is 17.5 Å². The van der Waals surface area contributed by atoms with Gasteiger partial charge in [0.25, 0.3) is 0 Å². The molecule has 1 aromatic carbocycles. The first-order chi connectivity index (χ1) is 7.59. The smallest absolute Gasteiger partial charge is 0.195 e. The molecule has 1 aliphatic rings. The molecule has 0 aromatic heterocycles. The Balaban J connectivity index is 2.42.